The summed E-state index contributed by atoms with van der Waals surface area (Å²) in [4.78, 5) is 43.5. The van der Waals surface area contributed by atoms with Crippen LogP contribution in [0.25, 0.3) is 10.9 Å². The van der Waals surface area contributed by atoms with Crippen LogP contribution >= 0.6 is 11.3 Å². The number of aryl methyl sites for hydroxylation is 1. The number of carbonyl (C=O) groups is 2. The van der Waals surface area contributed by atoms with Gasteiger partial charge in [-0.25, -0.2) is 4.98 Å². The quantitative estimate of drug-likeness (QED) is 0.569. The Morgan fingerprint density at radius 2 is 2.00 bits per heavy atom. The molecule has 0 aliphatic carbocycles. The lowest BCUT2D eigenvalue weighted by atomic mass is 10.2. The third kappa shape index (κ3) is 4.64. The summed E-state index contributed by atoms with van der Waals surface area (Å²) in [7, 11) is 3.30. The zero-order valence-electron chi connectivity index (χ0n) is 15.8. The molecule has 0 saturated heterocycles. The van der Waals surface area contributed by atoms with Crippen molar-refractivity contribution in [1.82, 2.24) is 14.5 Å². The lowest BCUT2D eigenvalue weighted by Crippen LogP contribution is -2.30. The molecule has 3 aromatic rings. The zero-order chi connectivity index (χ0) is 20.1. The van der Waals surface area contributed by atoms with Gasteiger partial charge in [0, 0.05) is 25.4 Å². The second-order valence-corrected chi connectivity index (χ2v) is 7.43. The van der Waals surface area contributed by atoms with Crippen LogP contribution < -0.4 is 5.56 Å². The van der Waals surface area contributed by atoms with Gasteiger partial charge in [0.05, 0.1) is 23.9 Å². The van der Waals surface area contributed by atoms with Crippen molar-refractivity contribution in [3.8, 4) is 0 Å². The number of hydrogen-bond acceptors (Lipinski definition) is 6. The molecule has 3 rings (SSSR count). The van der Waals surface area contributed by atoms with Gasteiger partial charge < -0.3 is 9.64 Å². The molecule has 0 saturated carbocycles. The Labute approximate surface area is 166 Å². The number of nitrogens with zero attached hydrogens (tertiary/aromatic N) is 3. The molecule has 0 atom stereocenters. The van der Waals surface area contributed by atoms with Crippen LogP contribution in [-0.2, 0) is 34.3 Å². The number of thiophene rings is 1. The molecule has 0 aliphatic heterocycles. The number of carbonyl (C=O) groups excluding carboxylic acids is 2. The van der Waals surface area contributed by atoms with Crippen molar-refractivity contribution in [3.63, 3.8) is 0 Å². The average Bonchev–Trinajstić information content (AvgIpc) is 3.20. The van der Waals surface area contributed by atoms with Gasteiger partial charge in [0.1, 0.15) is 5.82 Å². The SMILES string of the molecule is CN(Cc1cccs1)C(=O)COC(=O)CCc1nc2ccccc2c(=O)n1C. The predicted octanol–water partition coefficient (Wildman–Crippen LogP) is 2.13. The van der Waals surface area contributed by atoms with E-state index in [0.717, 1.165) is 4.88 Å². The van der Waals surface area contributed by atoms with E-state index in [2.05, 4.69) is 4.98 Å². The van der Waals surface area contributed by atoms with Crippen molar-refractivity contribution in [2.24, 2.45) is 7.05 Å². The summed E-state index contributed by atoms with van der Waals surface area (Å²) < 4.78 is 6.52. The van der Waals surface area contributed by atoms with E-state index in [9.17, 15) is 14.4 Å². The molecule has 28 heavy (non-hydrogen) atoms. The van der Waals surface area contributed by atoms with Gasteiger partial charge in [0.15, 0.2) is 6.61 Å². The molecule has 2 heterocycles. The molecule has 146 valence electrons. The number of ether oxygens (including phenoxy) is 1. The summed E-state index contributed by atoms with van der Waals surface area (Å²) in [5.74, 6) is -0.264. The van der Waals surface area contributed by atoms with Crippen LogP contribution in [0.2, 0.25) is 0 Å². The highest BCUT2D eigenvalue weighted by atomic mass is 32.1. The first kappa shape index (κ1) is 19.8. The summed E-state index contributed by atoms with van der Waals surface area (Å²) in [6.07, 6.45) is 0.301. The molecule has 1 amide bonds. The molecule has 0 unspecified atom stereocenters. The van der Waals surface area contributed by atoms with E-state index in [4.69, 9.17) is 4.74 Å². The maximum atomic E-state index is 12.4. The van der Waals surface area contributed by atoms with Crippen LogP contribution in [0.5, 0.6) is 0 Å². The largest absolute Gasteiger partial charge is 0.456 e. The molecule has 1 aromatic carbocycles. The molecule has 0 fully saturated rings. The fourth-order valence-corrected chi connectivity index (χ4v) is 3.51. The monoisotopic (exact) mass is 399 g/mol. The van der Waals surface area contributed by atoms with Crippen LogP contribution in [-0.4, -0.2) is 40.0 Å². The smallest absolute Gasteiger partial charge is 0.306 e. The summed E-state index contributed by atoms with van der Waals surface area (Å²) in [5.41, 5.74) is 0.443. The van der Waals surface area contributed by atoms with Gasteiger partial charge in [-0.2, -0.15) is 0 Å². The number of aromatic nitrogens is 2. The number of amides is 1. The number of fused-ring (bicyclic) bond motifs is 1. The molecule has 8 heteroatoms. The summed E-state index contributed by atoms with van der Waals surface area (Å²) in [5, 5.41) is 2.48. The van der Waals surface area contributed by atoms with E-state index in [0.29, 0.717) is 23.3 Å². The van der Waals surface area contributed by atoms with Crippen molar-refractivity contribution in [3.05, 3.63) is 62.8 Å². The molecule has 0 N–H and O–H groups in total. The normalized spacial score (nSPS) is 10.8. The molecule has 0 spiro atoms. The Morgan fingerprint density at radius 3 is 2.75 bits per heavy atom. The zero-order valence-corrected chi connectivity index (χ0v) is 16.6. The van der Waals surface area contributed by atoms with Crippen molar-refractivity contribution >= 4 is 34.1 Å². The Hall–Kier alpha value is -3.00. The Bertz CT molecular complexity index is 1040. The van der Waals surface area contributed by atoms with Gasteiger partial charge in [-0.1, -0.05) is 18.2 Å². The molecule has 0 radical (unpaired) electrons. The van der Waals surface area contributed by atoms with Crippen LogP contribution in [0, 0.1) is 0 Å². The number of esters is 1. The van der Waals surface area contributed by atoms with Crippen LogP contribution in [0.3, 0.4) is 0 Å². The van der Waals surface area contributed by atoms with Crippen molar-refractivity contribution < 1.29 is 14.3 Å². The lowest BCUT2D eigenvalue weighted by molar-refractivity contribution is -0.151. The molecule has 2 aromatic heterocycles. The number of likely N-dealkylation sites (N-methyl/N-ethyl adjacent to an activating group) is 1. The second kappa shape index (κ2) is 8.79. The topological polar surface area (TPSA) is 81.5 Å². The van der Waals surface area contributed by atoms with Gasteiger partial charge in [-0.3, -0.25) is 19.0 Å². The fourth-order valence-electron chi connectivity index (χ4n) is 2.75. The highest BCUT2D eigenvalue weighted by Crippen LogP contribution is 2.11. The maximum Gasteiger partial charge on any atom is 0.306 e. The Kier molecular flexibility index (Phi) is 6.20. The fraction of sp³-hybridized carbons (Fsp3) is 0.300. The average molecular weight is 399 g/mol. The van der Waals surface area contributed by atoms with E-state index < -0.39 is 5.97 Å². The van der Waals surface area contributed by atoms with Gasteiger partial charge in [-0.15, -0.1) is 11.3 Å². The number of rotatable bonds is 7. The Balaban J connectivity index is 1.53. The highest BCUT2D eigenvalue weighted by Gasteiger charge is 2.14. The molecular weight excluding hydrogens is 378 g/mol. The van der Waals surface area contributed by atoms with E-state index in [1.54, 1.807) is 43.6 Å². The maximum absolute atomic E-state index is 12.4. The predicted molar refractivity (Wildman–Crippen MR) is 107 cm³/mol. The molecule has 0 bridgehead atoms. The first-order valence-corrected chi connectivity index (χ1v) is 9.70. The first-order chi connectivity index (χ1) is 13.5. The first-order valence-electron chi connectivity index (χ1n) is 8.82. The van der Waals surface area contributed by atoms with Crippen molar-refractivity contribution in [2.75, 3.05) is 13.7 Å². The Morgan fingerprint density at radius 1 is 1.21 bits per heavy atom. The van der Waals surface area contributed by atoms with Gasteiger partial charge in [0.2, 0.25) is 0 Å². The summed E-state index contributed by atoms with van der Waals surface area (Å²) in [6.45, 7) is 0.182. The van der Waals surface area contributed by atoms with Crippen LogP contribution in [0.4, 0.5) is 0 Å². The number of para-hydroxylation sites is 1. The van der Waals surface area contributed by atoms with Gasteiger partial charge in [-0.05, 0) is 23.6 Å². The third-order valence-electron chi connectivity index (χ3n) is 4.38. The van der Waals surface area contributed by atoms with E-state index in [1.165, 1.54) is 9.47 Å². The number of hydrogen-bond donors (Lipinski definition) is 0. The summed E-state index contributed by atoms with van der Waals surface area (Å²) in [6, 6.07) is 11.0. The van der Waals surface area contributed by atoms with E-state index >= 15 is 0 Å². The third-order valence-corrected chi connectivity index (χ3v) is 5.25. The summed E-state index contributed by atoms with van der Waals surface area (Å²) >= 11 is 1.57. The highest BCUT2D eigenvalue weighted by molar-refractivity contribution is 7.09. The molecule has 0 aliphatic rings. The van der Waals surface area contributed by atoms with Gasteiger partial charge in [0.25, 0.3) is 11.5 Å². The van der Waals surface area contributed by atoms with E-state index in [1.807, 2.05) is 23.6 Å². The lowest BCUT2D eigenvalue weighted by Gasteiger charge is -2.16. The van der Waals surface area contributed by atoms with E-state index in [-0.39, 0.29) is 30.9 Å². The second-order valence-electron chi connectivity index (χ2n) is 6.40. The number of benzene rings is 1. The van der Waals surface area contributed by atoms with Crippen LogP contribution in [0.1, 0.15) is 17.1 Å². The van der Waals surface area contributed by atoms with Crippen molar-refractivity contribution in [1.29, 1.82) is 0 Å². The minimum atomic E-state index is -0.500. The van der Waals surface area contributed by atoms with Gasteiger partial charge >= 0.3 is 5.97 Å². The van der Waals surface area contributed by atoms with Crippen LogP contribution in [0.15, 0.2) is 46.6 Å². The minimum absolute atomic E-state index is 0.0422. The molecule has 7 nitrogen and oxygen atoms in total. The van der Waals surface area contributed by atoms with Crippen molar-refractivity contribution in [2.45, 2.75) is 19.4 Å². The molecular formula is C20H21N3O4S. The minimum Gasteiger partial charge on any atom is -0.456 e. The standard InChI is InChI=1S/C20H21N3O4S/c1-22(12-14-6-5-11-28-14)18(24)13-27-19(25)10-9-17-21-16-8-4-3-7-15(16)20(26)23(17)2/h3-8,11H,9-10,12-13H2,1-2H3.